The Morgan fingerprint density at radius 3 is 2.10 bits per heavy atom. The summed E-state index contributed by atoms with van der Waals surface area (Å²) >= 11 is 0. The van der Waals surface area contributed by atoms with Crippen LogP contribution >= 0.6 is 0 Å². The number of benzene rings is 1. The van der Waals surface area contributed by atoms with Crippen LogP contribution in [0.3, 0.4) is 0 Å². The minimum atomic E-state index is -5.17. The second-order valence-electron chi connectivity index (χ2n) is 7.29. The Morgan fingerprint density at radius 2 is 1.57 bits per heavy atom. The molecule has 11 heteroatoms. The fraction of sp³-hybridized carbons (Fsp3) is 0.474. The summed E-state index contributed by atoms with van der Waals surface area (Å²) in [6.07, 6.45) is -5.38. The first-order valence-electron chi connectivity index (χ1n) is 8.96. The summed E-state index contributed by atoms with van der Waals surface area (Å²) in [6.45, 7) is 3.90. The number of hydrogen-bond donors (Lipinski definition) is 3. The number of rotatable bonds is 8. The summed E-state index contributed by atoms with van der Waals surface area (Å²) in [7, 11) is 0. The lowest BCUT2D eigenvalue weighted by Crippen LogP contribution is -2.53. The van der Waals surface area contributed by atoms with Gasteiger partial charge in [0.15, 0.2) is 0 Å². The highest BCUT2D eigenvalue weighted by Crippen LogP contribution is 2.15. The number of nitrogens with one attached hydrogen (secondary N) is 3. The van der Waals surface area contributed by atoms with E-state index >= 15 is 0 Å². The van der Waals surface area contributed by atoms with Crippen molar-refractivity contribution < 1.29 is 37.1 Å². The van der Waals surface area contributed by atoms with E-state index in [4.69, 9.17) is 4.74 Å². The van der Waals surface area contributed by atoms with Gasteiger partial charge < -0.3 is 20.7 Å². The van der Waals surface area contributed by atoms with Crippen molar-refractivity contribution in [2.75, 3.05) is 13.1 Å². The quantitative estimate of drug-likeness (QED) is 0.528. The molecule has 30 heavy (non-hydrogen) atoms. The molecule has 0 aromatic heterocycles. The van der Waals surface area contributed by atoms with Crippen molar-refractivity contribution in [3.63, 3.8) is 0 Å². The van der Waals surface area contributed by atoms with Gasteiger partial charge in [-0.2, -0.15) is 13.2 Å². The highest BCUT2D eigenvalue weighted by atomic mass is 19.4. The third-order valence-electron chi connectivity index (χ3n) is 3.44. The highest BCUT2D eigenvalue weighted by molar-refractivity contribution is 5.92. The largest absolute Gasteiger partial charge is 0.471 e. The summed E-state index contributed by atoms with van der Waals surface area (Å²) < 4.78 is 42.7. The van der Waals surface area contributed by atoms with E-state index in [1.165, 1.54) is 0 Å². The van der Waals surface area contributed by atoms with Gasteiger partial charge >= 0.3 is 18.1 Å². The highest BCUT2D eigenvalue weighted by Gasteiger charge is 2.40. The predicted octanol–water partition coefficient (Wildman–Crippen LogP) is 0.850. The van der Waals surface area contributed by atoms with Crippen molar-refractivity contribution in [2.24, 2.45) is 0 Å². The van der Waals surface area contributed by atoms with Crippen LogP contribution in [0.5, 0.6) is 0 Å². The fourth-order valence-electron chi connectivity index (χ4n) is 2.20. The average Bonchev–Trinajstić information content (AvgIpc) is 2.62. The molecule has 1 aromatic carbocycles. The maximum atomic E-state index is 12.6. The molecule has 0 bridgehead atoms. The van der Waals surface area contributed by atoms with Gasteiger partial charge in [-0.25, -0.2) is 0 Å². The third-order valence-corrected chi connectivity index (χ3v) is 3.44. The Labute approximate surface area is 171 Å². The van der Waals surface area contributed by atoms with Gasteiger partial charge in [0.1, 0.15) is 18.2 Å². The van der Waals surface area contributed by atoms with Gasteiger partial charge in [0.05, 0.1) is 6.54 Å². The molecule has 0 saturated carbocycles. The molecule has 0 heterocycles. The maximum Gasteiger partial charge on any atom is 0.471 e. The number of carbonyl (C=O) groups is 4. The van der Waals surface area contributed by atoms with Crippen LogP contribution in [-0.4, -0.2) is 54.6 Å². The molecule has 166 valence electrons. The van der Waals surface area contributed by atoms with Gasteiger partial charge in [0.25, 0.3) is 0 Å². The van der Waals surface area contributed by atoms with Crippen molar-refractivity contribution in [2.45, 2.75) is 45.0 Å². The summed E-state index contributed by atoms with van der Waals surface area (Å²) in [5, 5.41) is 5.99. The monoisotopic (exact) mass is 431 g/mol. The molecule has 3 amide bonds. The Morgan fingerprint density at radius 1 is 0.967 bits per heavy atom. The number of hydrogen-bond acceptors (Lipinski definition) is 5. The number of ether oxygens (including phenoxy) is 1. The zero-order valence-corrected chi connectivity index (χ0v) is 16.8. The van der Waals surface area contributed by atoms with E-state index in [0.717, 1.165) is 0 Å². The second-order valence-corrected chi connectivity index (χ2v) is 7.29. The van der Waals surface area contributed by atoms with E-state index in [2.05, 4.69) is 10.6 Å². The molecular formula is C19H24F3N3O5. The summed E-state index contributed by atoms with van der Waals surface area (Å²) in [5.41, 5.74) is -0.230. The fourth-order valence-corrected chi connectivity index (χ4v) is 2.20. The number of halogens is 3. The number of alkyl halides is 3. The third kappa shape index (κ3) is 9.89. The van der Waals surface area contributed by atoms with Crippen LogP contribution in [0.4, 0.5) is 13.2 Å². The maximum absolute atomic E-state index is 12.6. The number of carbonyl (C=O) groups excluding carboxylic acids is 4. The summed E-state index contributed by atoms with van der Waals surface area (Å²) in [4.78, 5) is 46.9. The molecule has 0 saturated heterocycles. The molecule has 0 aliphatic carbocycles. The Balaban J connectivity index is 2.65. The van der Waals surface area contributed by atoms with Crippen LogP contribution in [0.1, 0.15) is 26.3 Å². The number of amides is 3. The molecule has 0 aliphatic heterocycles. The molecule has 1 rings (SSSR count). The minimum Gasteiger partial charge on any atom is -0.459 e. The van der Waals surface area contributed by atoms with Crippen LogP contribution in [0.15, 0.2) is 30.3 Å². The molecule has 1 atom stereocenters. The summed E-state index contributed by atoms with van der Waals surface area (Å²) in [5.74, 6) is -4.70. The van der Waals surface area contributed by atoms with Gasteiger partial charge in [-0.1, -0.05) is 30.3 Å². The van der Waals surface area contributed by atoms with E-state index in [1.54, 1.807) is 56.4 Å². The van der Waals surface area contributed by atoms with Crippen LogP contribution in [-0.2, 0) is 30.3 Å². The lowest BCUT2D eigenvalue weighted by Gasteiger charge is -2.20. The predicted molar refractivity (Wildman–Crippen MR) is 100.0 cm³/mol. The Kier molecular flexibility index (Phi) is 8.81. The summed E-state index contributed by atoms with van der Waals surface area (Å²) in [6, 6.07) is 6.53. The van der Waals surface area contributed by atoms with Crippen LogP contribution < -0.4 is 16.0 Å². The zero-order valence-electron chi connectivity index (χ0n) is 16.8. The van der Waals surface area contributed by atoms with Crippen LogP contribution in [0.2, 0.25) is 0 Å². The molecule has 0 aliphatic rings. The smallest absolute Gasteiger partial charge is 0.459 e. The van der Waals surface area contributed by atoms with Crippen molar-refractivity contribution in [3.8, 4) is 0 Å². The Hall–Kier alpha value is -3.11. The van der Waals surface area contributed by atoms with E-state index in [1.807, 2.05) is 0 Å². The van der Waals surface area contributed by atoms with Crippen molar-refractivity contribution in [3.05, 3.63) is 35.9 Å². The molecule has 0 spiro atoms. The normalized spacial score (nSPS) is 12.5. The van der Waals surface area contributed by atoms with Gasteiger partial charge in [0.2, 0.25) is 11.8 Å². The van der Waals surface area contributed by atoms with Crippen molar-refractivity contribution in [1.82, 2.24) is 16.0 Å². The van der Waals surface area contributed by atoms with Gasteiger partial charge in [-0.15, -0.1) is 0 Å². The standard InChI is InChI=1S/C19H24F3N3O5/c1-18(2,3)30-15(27)11-23-14(26)10-24-16(28)13(25-17(29)19(20,21)22)9-12-7-5-4-6-8-12/h4-8,13H,9-11H2,1-3H3,(H,23,26)(H,24,28)(H,25,29)/t13-/m0/s1. The topological polar surface area (TPSA) is 114 Å². The molecule has 8 nitrogen and oxygen atoms in total. The van der Waals surface area contributed by atoms with E-state index in [9.17, 15) is 32.3 Å². The molecule has 1 aromatic rings. The first-order chi connectivity index (χ1) is 13.8. The first-order valence-corrected chi connectivity index (χ1v) is 8.96. The lowest BCUT2D eigenvalue weighted by atomic mass is 10.1. The van der Waals surface area contributed by atoms with Crippen LogP contribution in [0, 0.1) is 0 Å². The zero-order chi connectivity index (χ0) is 22.9. The Bertz CT molecular complexity index is 761. The molecular weight excluding hydrogens is 407 g/mol. The average molecular weight is 431 g/mol. The number of esters is 1. The minimum absolute atomic E-state index is 0.214. The SMILES string of the molecule is CC(C)(C)OC(=O)CNC(=O)CNC(=O)[C@H](Cc1ccccc1)NC(=O)C(F)(F)F. The van der Waals surface area contributed by atoms with Gasteiger partial charge in [0, 0.05) is 6.42 Å². The van der Waals surface area contributed by atoms with Gasteiger partial charge in [-0.05, 0) is 26.3 Å². The lowest BCUT2D eigenvalue weighted by molar-refractivity contribution is -0.174. The van der Waals surface area contributed by atoms with E-state index < -0.39 is 54.6 Å². The molecule has 0 unspecified atom stereocenters. The van der Waals surface area contributed by atoms with Gasteiger partial charge in [-0.3, -0.25) is 19.2 Å². The van der Waals surface area contributed by atoms with E-state index in [-0.39, 0.29) is 6.42 Å². The molecule has 0 radical (unpaired) electrons. The van der Waals surface area contributed by atoms with Crippen molar-refractivity contribution >= 4 is 23.7 Å². The molecule has 0 fully saturated rings. The van der Waals surface area contributed by atoms with E-state index in [0.29, 0.717) is 5.56 Å². The molecule has 3 N–H and O–H groups in total. The van der Waals surface area contributed by atoms with Crippen LogP contribution in [0.25, 0.3) is 0 Å². The second kappa shape index (κ2) is 10.6. The van der Waals surface area contributed by atoms with Crippen molar-refractivity contribution in [1.29, 1.82) is 0 Å². The first kappa shape index (κ1) is 24.9.